The number of benzene rings is 10. The van der Waals surface area contributed by atoms with Gasteiger partial charge >= 0.3 is 0 Å². The second-order valence-electron chi connectivity index (χ2n) is 15.5. The van der Waals surface area contributed by atoms with Crippen LogP contribution in [0.2, 0.25) is 0 Å². The number of nitrogens with zero attached hydrogens (tertiary/aromatic N) is 4. The molecule has 3 heterocycles. The summed E-state index contributed by atoms with van der Waals surface area (Å²) in [7, 11) is 0. The van der Waals surface area contributed by atoms with Crippen LogP contribution < -0.4 is 0 Å². The normalized spacial score (nSPS) is 12.3. The van der Waals surface area contributed by atoms with Gasteiger partial charge in [0, 0.05) is 60.7 Å². The molecule has 0 spiro atoms. The fraction of sp³-hybridized carbons (Fsp3) is 0.0370. The molecular formula is C54H34N4. The highest BCUT2D eigenvalue weighted by atomic mass is 15.1. The molecule has 0 amide bonds. The van der Waals surface area contributed by atoms with Crippen molar-refractivity contribution in [1.29, 1.82) is 0 Å². The third-order valence-corrected chi connectivity index (χ3v) is 12.6. The lowest BCUT2D eigenvalue weighted by molar-refractivity contribution is 0.829. The second-order valence-corrected chi connectivity index (χ2v) is 15.5. The minimum atomic E-state index is 0.708. The van der Waals surface area contributed by atoms with Crippen molar-refractivity contribution in [3.05, 3.63) is 176 Å². The summed E-state index contributed by atoms with van der Waals surface area (Å²) >= 11 is 0. The molecule has 0 fully saturated rings. The van der Waals surface area contributed by atoms with Crippen molar-refractivity contribution >= 4 is 108 Å². The summed E-state index contributed by atoms with van der Waals surface area (Å²) in [6.07, 6.45) is 0. The third-order valence-electron chi connectivity index (χ3n) is 12.6. The van der Waals surface area contributed by atoms with E-state index in [1.807, 2.05) is 0 Å². The number of para-hydroxylation sites is 3. The van der Waals surface area contributed by atoms with E-state index in [1.165, 1.54) is 86.4 Å². The van der Waals surface area contributed by atoms with Crippen LogP contribution in [-0.4, -0.2) is 19.1 Å². The van der Waals surface area contributed by atoms with Gasteiger partial charge in [0.25, 0.3) is 0 Å². The van der Waals surface area contributed by atoms with Crippen molar-refractivity contribution in [2.75, 3.05) is 0 Å². The van der Waals surface area contributed by atoms with E-state index in [0.29, 0.717) is 5.82 Å². The largest absolute Gasteiger partial charge is 0.340 e. The molecule has 4 nitrogen and oxygen atoms in total. The Morgan fingerprint density at radius 2 is 0.948 bits per heavy atom. The Morgan fingerprint density at radius 1 is 0.397 bits per heavy atom. The van der Waals surface area contributed by atoms with E-state index in [2.05, 4.69) is 192 Å². The lowest BCUT2D eigenvalue weighted by atomic mass is 9.89. The summed E-state index contributed by atoms with van der Waals surface area (Å²) in [5.74, 6) is 1.59. The molecule has 4 heteroatoms. The topological polar surface area (TPSA) is 35.6 Å². The lowest BCUT2D eigenvalue weighted by Crippen LogP contribution is -2.03. The number of aryl methyl sites for hydroxylation is 1. The van der Waals surface area contributed by atoms with Crippen molar-refractivity contribution in [1.82, 2.24) is 19.1 Å². The predicted octanol–water partition coefficient (Wildman–Crippen LogP) is 14.3. The summed E-state index contributed by atoms with van der Waals surface area (Å²) in [4.78, 5) is 10.8. The minimum Gasteiger partial charge on any atom is -0.340 e. The van der Waals surface area contributed by atoms with Gasteiger partial charge in [-0.1, -0.05) is 146 Å². The summed E-state index contributed by atoms with van der Waals surface area (Å²) in [5.41, 5.74) is 6.74. The van der Waals surface area contributed by atoms with Crippen LogP contribution in [0.15, 0.2) is 176 Å². The van der Waals surface area contributed by atoms with Crippen LogP contribution in [0.4, 0.5) is 0 Å². The Balaban J connectivity index is 1.24. The Morgan fingerprint density at radius 3 is 1.71 bits per heavy atom. The Bertz CT molecular complexity index is 3900. The van der Waals surface area contributed by atoms with Crippen molar-refractivity contribution < 1.29 is 0 Å². The average molecular weight is 739 g/mol. The number of hydrogen-bond donors (Lipinski definition) is 0. The van der Waals surface area contributed by atoms with E-state index < -0.39 is 0 Å². The van der Waals surface area contributed by atoms with E-state index in [0.717, 1.165) is 39.9 Å². The smallest absolute Gasteiger partial charge is 0.162 e. The van der Waals surface area contributed by atoms with Crippen molar-refractivity contribution in [2.45, 2.75) is 13.5 Å². The molecule has 3 aromatic heterocycles. The van der Waals surface area contributed by atoms with Gasteiger partial charge in [-0.25, -0.2) is 9.97 Å². The zero-order chi connectivity index (χ0) is 38.1. The molecule has 0 aliphatic rings. The molecule has 13 rings (SSSR count). The van der Waals surface area contributed by atoms with Gasteiger partial charge in [-0.15, -0.1) is 0 Å². The first-order valence-electron chi connectivity index (χ1n) is 20.1. The molecule has 0 aliphatic carbocycles. The first-order chi connectivity index (χ1) is 28.8. The lowest BCUT2D eigenvalue weighted by Gasteiger charge is -2.17. The van der Waals surface area contributed by atoms with Gasteiger partial charge in [-0.05, 0) is 75.0 Å². The zero-order valence-electron chi connectivity index (χ0n) is 31.7. The maximum Gasteiger partial charge on any atom is 0.162 e. The number of rotatable bonds is 3. The van der Waals surface area contributed by atoms with Gasteiger partial charge in [0.15, 0.2) is 5.82 Å². The Hall–Kier alpha value is -7.56. The summed E-state index contributed by atoms with van der Waals surface area (Å²) in [6, 6.07) is 64.0. The van der Waals surface area contributed by atoms with Crippen LogP contribution in [0.25, 0.3) is 126 Å². The predicted molar refractivity (Wildman–Crippen MR) is 246 cm³/mol. The van der Waals surface area contributed by atoms with E-state index in [9.17, 15) is 0 Å². The van der Waals surface area contributed by atoms with Gasteiger partial charge in [0.05, 0.1) is 22.1 Å². The fourth-order valence-corrected chi connectivity index (χ4v) is 10.2. The second kappa shape index (κ2) is 11.7. The minimum absolute atomic E-state index is 0.708. The van der Waals surface area contributed by atoms with E-state index in [-0.39, 0.29) is 0 Å². The monoisotopic (exact) mass is 738 g/mol. The molecule has 0 aliphatic heterocycles. The van der Waals surface area contributed by atoms with E-state index in [1.54, 1.807) is 0 Å². The van der Waals surface area contributed by atoms with E-state index in [4.69, 9.17) is 9.97 Å². The van der Waals surface area contributed by atoms with Gasteiger partial charge < -0.3 is 4.57 Å². The van der Waals surface area contributed by atoms with E-state index >= 15 is 0 Å². The highest BCUT2D eigenvalue weighted by Gasteiger charge is 2.26. The maximum atomic E-state index is 5.60. The first kappa shape index (κ1) is 31.6. The van der Waals surface area contributed by atoms with Gasteiger partial charge in [0.1, 0.15) is 5.82 Å². The standard InChI is InChI=1S/C54H34N4/c1-2-57-45-25-13-10-22-42(45)48-50-47(37-17-5-7-19-39(37)51(48)57)38-18-6-8-20-40(38)52-49(50)43-23-11-14-26-46(43)58(52)54-41-21-9-12-24-44(41)55-53(56-54)34-29-30-36-33(31-34)28-27-32-15-3-4-16-35(32)36/h3-31H,2H2,1H3. The van der Waals surface area contributed by atoms with Gasteiger partial charge in [0.2, 0.25) is 0 Å². The fourth-order valence-electron chi connectivity index (χ4n) is 10.2. The number of hydrogen-bond acceptors (Lipinski definition) is 2. The van der Waals surface area contributed by atoms with Crippen molar-refractivity contribution in [2.24, 2.45) is 0 Å². The molecule has 0 bridgehead atoms. The summed E-state index contributed by atoms with van der Waals surface area (Å²) < 4.78 is 4.96. The molecule has 0 saturated carbocycles. The molecule has 0 atom stereocenters. The van der Waals surface area contributed by atoms with Crippen LogP contribution in [0.1, 0.15) is 6.92 Å². The molecule has 58 heavy (non-hydrogen) atoms. The molecule has 0 radical (unpaired) electrons. The quantitative estimate of drug-likeness (QED) is 0.169. The van der Waals surface area contributed by atoms with Crippen LogP contribution >= 0.6 is 0 Å². The highest BCUT2D eigenvalue weighted by molar-refractivity contribution is 6.45. The molecular weight excluding hydrogens is 705 g/mol. The van der Waals surface area contributed by atoms with Gasteiger partial charge in [-0.3, -0.25) is 4.57 Å². The van der Waals surface area contributed by atoms with Crippen LogP contribution in [0.3, 0.4) is 0 Å². The zero-order valence-corrected chi connectivity index (χ0v) is 31.7. The summed E-state index contributed by atoms with van der Waals surface area (Å²) in [5, 5.41) is 18.5. The first-order valence-corrected chi connectivity index (χ1v) is 20.1. The maximum absolute atomic E-state index is 5.60. The molecule has 10 aromatic carbocycles. The summed E-state index contributed by atoms with van der Waals surface area (Å²) in [6.45, 7) is 3.14. The van der Waals surface area contributed by atoms with Crippen LogP contribution in [0, 0.1) is 0 Å². The number of aromatic nitrogens is 4. The SMILES string of the molecule is CCn1c2ccccc2c2c3c(c4ccccc4c21)c1ccccc1c1c3c2ccccc2n1-c1nc(-c2ccc3c(ccc4ccccc43)c2)nc2ccccc12. The third kappa shape index (κ3) is 4.13. The number of fused-ring (bicyclic) bond motifs is 19. The van der Waals surface area contributed by atoms with Crippen LogP contribution in [-0.2, 0) is 6.54 Å². The Kier molecular flexibility index (Phi) is 6.40. The van der Waals surface area contributed by atoms with Gasteiger partial charge in [-0.2, -0.15) is 0 Å². The molecule has 0 saturated heterocycles. The molecule has 270 valence electrons. The van der Waals surface area contributed by atoms with Crippen molar-refractivity contribution in [3.8, 4) is 17.2 Å². The average Bonchev–Trinajstić information content (AvgIpc) is 3.82. The molecule has 0 unspecified atom stereocenters. The molecule has 13 aromatic rings. The highest BCUT2D eigenvalue weighted by Crippen LogP contribution is 2.50. The molecule has 0 N–H and O–H groups in total. The van der Waals surface area contributed by atoms with Crippen LogP contribution in [0.5, 0.6) is 0 Å². The van der Waals surface area contributed by atoms with Crippen molar-refractivity contribution in [3.63, 3.8) is 0 Å². The Labute approximate surface area is 332 Å².